The van der Waals surface area contributed by atoms with Crippen LogP contribution in [0.5, 0.6) is 0 Å². The van der Waals surface area contributed by atoms with E-state index in [1.54, 1.807) is 0 Å². The molecule has 0 aliphatic carbocycles. The van der Waals surface area contributed by atoms with Gasteiger partial charge in [-0.1, -0.05) is 26.7 Å². The lowest BCUT2D eigenvalue weighted by Gasteiger charge is -2.34. The van der Waals surface area contributed by atoms with Crippen molar-refractivity contribution in [3.8, 4) is 0 Å². The van der Waals surface area contributed by atoms with Crippen LogP contribution in [-0.2, 0) is 9.53 Å². The van der Waals surface area contributed by atoms with E-state index in [2.05, 4.69) is 19.2 Å². The van der Waals surface area contributed by atoms with Gasteiger partial charge in [-0.25, -0.2) is 0 Å². The molecule has 1 saturated heterocycles. The standard InChI is InChI=1S/C14H28N2O2/c1-12(2)5-3-4-8-16-13(17)14(11-15)6-9-18-10-7-14/h12H,3-11,15H2,1-2H3,(H,16,17). The second-order valence-electron chi connectivity index (χ2n) is 5.74. The number of amides is 1. The lowest BCUT2D eigenvalue weighted by Crippen LogP contribution is -2.49. The van der Waals surface area contributed by atoms with E-state index < -0.39 is 0 Å². The number of carbonyl (C=O) groups excluding carboxylic acids is 1. The third kappa shape index (κ3) is 4.58. The largest absolute Gasteiger partial charge is 0.381 e. The van der Waals surface area contributed by atoms with Crippen LogP contribution in [-0.4, -0.2) is 32.2 Å². The van der Waals surface area contributed by atoms with Crippen molar-refractivity contribution in [1.82, 2.24) is 5.32 Å². The lowest BCUT2D eigenvalue weighted by molar-refractivity contribution is -0.135. The lowest BCUT2D eigenvalue weighted by atomic mass is 9.79. The monoisotopic (exact) mass is 256 g/mol. The second-order valence-corrected chi connectivity index (χ2v) is 5.74. The molecule has 4 heteroatoms. The average Bonchev–Trinajstić information content (AvgIpc) is 2.38. The number of hydrogen-bond acceptors (Lipinski definition) is 3. The molecule has 106 valence electrons. The number of nitrogens with one attached hydrogen (secondary N) is 1. The number of hydrogen-bond donors (Lipinski definition) is 2. The van der Waals surface area contributed by atoms with Gasteiger partial charge in [0.15, 0.2) is 0 Å². The van der Waals surface area contributed by atoms with Gasteiger partial charge in [-0.05, 0) is 25.2 Å². The van der Waals surface area contributed by atoms with Crippen molar-refractivity contribution in [3.63, 3.8) is 0 Å². The Morgan fingerprint density at radius 1 is 1.33 bits per heavy atom. The molecule has 1 amide bonds. The fourth-order valence-electron chi connectivity index (χ4n) is 2.35. The van der Waals surface area contributed by atoms with Crippen LogP contribution in [0, 0.1) is 11.3 Å². The van der Waals surface area contributed by atoms with Crippen molar-refractivity contribution in [1.29, 1.82) is 0 Å². The number of nitrogens with two attached hydrogens (primary N) is 1. The minimum atomic E-state index is -0.379. The van der Waals surface area contributed by atoms with Gasteiger partial charge < -0.3 is 15.8 Å². The summed E-state index contributed by atoms with van der Waals surface area (Å²) in [6.07, 6.45) is 4.96. The number of carbonyl (C=O) groups is 1. The molecule has 1 fully saturated rings. The van der Waals surface area contributed by atoms with Gasteiger partial charge in [-0.3, -0.25) is 4.79 Å². The molecule has 4 nitrogen and oxygen atoms in total. The zero-order chi connectivity index (χ0) is 13.4. The van der Waals surface area contributed by atoms with Crippen LogP contribution in [0.3, 0.4) is 0 Å². The maximum absolute atomic E-state index is 12.2. The first kappa shape index (κ1) is 15.4. The van der Waals surface area contributed by atoms with Crippen LogP contribution in [0.1, 0.15) is 46.0 Å². The van der Waals surface area contributed by atoms with Crippen LogP contribution < -0.4 is 11.1 Å². The van der Waals surface area contributed by atoms with Crippen molar-refractivity contribution in [2.75, 3.05) is 26.3 Å². The minimum absolute atomic E-state index is 0.123. The SMILES string of the molecule is CC(C)CCCCNC(=O)C1(CN)CCOCC1. The molecule has 0 aromatic heterocycles. The Hall–Kier alpha value is -0.610. The summed E-state index contributed by atoms with van der Waals surface area (Å²) >= 11 is 0. The van der Waals surface area contributed by atoms with Crippen molar-refractivity contribution >= 4 is 5.91 Å². The molecule has 0 bridgehead atoms. The van der Waals surface area contributed by atoms with Gasteiger partial charge in [-0.15, -0.1) is 0 Å². The summed E-state index contributed by atoms with van der Waals surface area (Å²) in [7, 11) is 0. The molecule has 0 saturated carbocycles. The normalized spacial score (nSPS) is 18.9. The Labute approximate surface area is 111 Å². The van der Waals surface area contributed by atoms with Gasteiger partial charge in [0.1, 0.15) is 0 Å². The van der Waals surface area contributed by atoms with Crippen LogP contribution in [0.2, 0.25) is 0 Å². The topological polar surface area (TPSA) is 64.4 Å². The predicted molar refractivity (Wildman–Crippen MR) is 73.2 cm³/mol. The quantitative estimate of drug-likeness (QED) is 0.681. The van der Waals surface area contributed by atoms with E-state index in [0.717, 1.165) is 31.7 Å². The highest BCUT2D eigenvalue weighted by atomic mass is 16.5. The van der Waals surface area contributed by atoms with Crippen LogP contribution in [0.15, 0.2) is 0 Å². The second kappa shape index (κ2) is 7.74. The van der Waals surface area contributed by atoms with E-state index in [1.165, 1.54) is 12.8 Å². The van der Waals surface area contributed by atoms with E-state index in [1.807, 2.05) is 0 Å². The molecule has 1 rings (SSSR count). The van der Waals surface area contributed by atoms with E-state index in [-0.39, 0.29) is 11.3 Å². The molecular formula is C14H28N2O2. The Morgan fingerprint density at radius 2 is 2.00 bits per heavy atom. The first-order valence-electron chi connectivity index (χ1n) is 7.17. The number of ether oxygens (including phenoxy) is 1. The number of rotatable bonds is 7. The molecule has 1 aliphatic heterocycles. The highest BCUT2D eigenvalue weighted by Crippen LogP contribution is 2.29. The van der Waals surface area contributed by atoms with Gasteiger partial charge in [0, 0.05) is 26.3 Å². The zero-order valence-electron chi connectivity index (χ0n) is 11.8. The van der Waals surface area contributed by atoms with Crippen LogP contribution in [0.25, 0.3) is 0 Å². The molecule has 3 N–H and O–H groups in total. The molecule has 1 heterocycles. The van der Waals surface area contributed by atoms with Crippen molar-refractivity contribution < 1.29 is 9.53 Å². The minimum Gasteiger partial charge on any atom is -0.381 e. The summed E-state index contributed by atoms with van der Waals surface area (Å²) < 4.78 is 5.31. The molecule has 18 heavy (non-hydrogen) atoms. The highest BCUT2D eigenvalue weighted by Gasteiger charge is 2.38. The fourth-order valence-corrected chi connectivity index (χ4v) is 2.35. The van der Waals surface area contributed by atoms with Gasteiger partial charge in [0.05, 0.1) is 5.41 Å². The van der Waals surface area contributed by atoms with Crippen molar-refractivity contribution in [2.45, 2.75) is 46.0 Å². The van der Waals surface area contributed by atoms with E-state index in [9.17, 15) is 4.79 Å². The average molecular weight is 256 g/mol. The summed E-state index contributed by atoms with van der Waals surface area (Å²) in [5, 5.41) is 3.04. The molecule has 0 radical (unpaired) electrons. The van der Waals surface area contributed by atoms with Gasteiger partial charge in [0.2, 0.25) is 5.91 Å². The molecule has 0 spiro atoms. The first-order valence-corrected chi connectivity index (χ1v) is 7.17. The maximum atomic E-state index is 12.2. The Balaban J connectivity index is 2.25. The van der Waals surface area contributed by atoms with E-state index in [0.29, 0.717) is 19.8 Å². The Kier molecular flexibility index (Phi) is 6.65. The van der Waals surface area contributed by atoms with Gasteiger partial charge >= 0.3 is 0 Å². The van der Waals surface area contributed by atoms with Crippen molar-refractivity contribution in [2.24, 2.45) is 17.1 Å². The van der Waals surface area contributed by atoms with Gasteiger partial charge in [0.25, 0.3) is 0 Å². The zero-order valence-corrected chi connectivity index (χ0v) is 11.8. The number of unbranched alkanes of at least 4 members (excludes halogenated alkanes) is 1. The molecular weight excluding hydrogens is 228 g/mol. The van der Waals surface area contributed by atoms with E-state index in [4.69, 9.17) is 10.5 Å². The maximum Gasteiger partial charge on any atom is 0.227 e. The molecule has 0 unspecified atom stereocenters. The summed E-state index contributed by atoms with van der Waals surface area (Å²) in [5.41, 5.74) is 5.41. The van der Waals surface area contributed by atoms with Crippen LogP contribution >= 0.6 is 0 Å². The Morgan fingerprint density at radius 3 is 2.56 bits per heavy atom. The van der Waals surface area contributed by atoms with Crippen LogP contribution in [0.4, 0.5) is 0 Å². The first-order chi connectivity index (χ1) is 8.60. The fraction of sp³-hybridized carbons (Fsp3) is 0.929. The molecule has 0 atom stereocenters. The molecule has 0 aromatic carbocycles. The summed E-state index contributed by atoms with van der Waals surface area (Å²) in [5.74, 6) is 0.865. The van der Waals surface area contributed by atoms with E-state index >= 15 is 0 Å². The summed E-state index contributed by atoms with van der Waals surface area (Å²) in [6, 6.07) is 0. The summed E-state index contributed by atoms with van der Waals surface area (Å²) in [4.78, 5) is 12.2. The summed E-state index contributed by atoms with van der Waals surface area (Å²) in [6.45, 7) is 6.95. The molecule has 1 aliphatic rings. The third-order valence-corrected chi connectivity index (χ3v) is 3.82. The smallest absolute Gasteiger partial charge is 0.227 e. The van der Waals surface area contributed by atoms with Crippen molar-refractivity contribution in [3.05, 3.63) is 0 Å². The predicted octanol–water partition coefficient (Wildman–Crippen LogP) is 1.68. The van der Waals surface area contributed by atoms with Gasteiger partial charge in [-0.2, -0.15) is 0 Å². The third-order valence-electron chi connectivity index (χ3n) is 3.82. The molecule has 0 aromatic rings. The highest BCUT2D eigenvalue weighted by molar-refractivity contribution is 5.83. The Bertz CT molecular complexity index is 248.